The molecule has 6 heteroatoms. The summed E-state index contributed by atoms with van der Waals surface area (Å²) in [6.07, 6.45) is 6.09. The number of nitrogens with one attached hydrogen (secondary N) is 1. The highest BCUT2D eigenvalue weighted by Crippen LogP contribution is 2.34. The van der Waals surface area contributed by atoms with Crippen LogP contribution in [0.1, 0.15) is 48.0 Å². The normalized spacial score (nSPS) is 20.5. The van der Waals surface area contributed by atoms with Gasteiger partial charge in [-0.25, -0.2) is 0 Å². The number of nitrogens with zero attached hydrogens (tertiary/aromatic N) is 1. The smallest absolute Gasteiger partial charge is 0.251 e. The molecule has 0 unspecified atom stereocenters. The van der Waals surface area contributed by atoms with Crippen molar-refractivity contribution < 1.29 is 9.53 Å². The Morgan fingerprint density at radius 3 is 2.60 bits per heavy atom. The van der Waals surface area contributed by atoms with Crippen LogP contribution in [0.15, 0.2) is 18.2 Å². The van der Waals surface area contributed by atoms with Gasteiger partial charge in [0.05, 0.1) is 13.2 Å². The zero-order chi connectivity index (χ0) is 17.0. The van der Waals surface area contributed by atoms with E-state index >= 15 is 0 Å². The number of nitrogens with two attached hydrogens (primary N) is 1. The second-order valence-corrected chi connectivity index (χ2v) is 7.14. The molecule has 5 nitrogen and oxygen atoms in total. The number of hydrogen-bond acceptors (Lipinski definition) is 4. The Kier molecular flexibility index (Phi) is 7.11. The lowest BCUT2D eigenvalue weighted by atomic mass is 9.79. The Labute approximate surface area is 156 Å². The first-order chi connectivity index (χ1) is 11.6. The molecule has 1 heterocycles. The molecular weight excluding hydrogens is 338 g/mol. The minimum Gasteiger partial charge on any atom is -0.399 e. The molecule has 3 rings (SSSR count). The average Bonchev–Trinajstić information content (AvgIpc) is 2.63. The quantitative estimate of drug-likeness (QED) is 0.803. The number of ether oxygens (including phenoxy) is 1. The zero-order valence-electron chi connectivity index (χ0n) is 15.1. The first-order valence-electron chi connectivity index (χ1n) is 9.08. The average molecular weight is 368 g/mol. The van der Waals surface area contributed by atoms with E-state index in [4.69, 9.17) is 10.5 Å². The van der Waals surface area contributed by atoms with Crippen molar-refractivity contribution in [1.29, 1.82) is 0 Å². The summed E-state index contributed by atoms with van der Waals surface area (Å²) in [6.45, 7) is 6.18. The van der Waals surface area contributed by atoms with Gasteiger partial charge in [-0.3, -0.25) is 9.69 Å². The molecule has 140 valence electrons. The van der Waals surface area contributed by atoms with Crippen LogP contribution in [0.2, 0.25) is 0 Å². The van der Waals surface area contributed by atoms with Gasteiger partial charge in [0.15, 0.2) is 0 Å². The van der Waals surface area contributed by atoms with Gasteiger partial charge in [-0.2, -0.15) is 0 Å². The van der Waals surface area contributed by atoms with Crippen molar-refractivity contribution in [2.75, 3.05) is 38.6 Å². The van der Waals surface area contributed by atoms with Gasteiger partial charge in [-0.15, -0.1) is 12.4 Å². The Balaban J connectivity index is 0.00000225. The van der Waals surface area contributed by atoms with E-state index in [-0.39, 0.29) is 23.9 Å². The predicted molar refractivity (Wildman–Crippen MR) is 103 cm³/mol. The third-order valence-corrected chi connectivity index (χ3v) is 5.55. The van der Waals surface area contributed by atoms with E-state index in [0.29, 0.717) is 17.8 Å². The SMILES string of the molecule is Cc1ccc(N)cc1C(=O)NCC1(N2CCOCC2)CCCCC1.Cl. The number of hydrogen-bond donors (Lipinski definition) is 2. The molecular formula is C19H30ClN3O2. The maximum Gasteiger partial charge on any atom is 0.251 e. The van der Waals surface area contributed by atoms with E-state index in [1.165, 1.54) is 19.3 Å². The van der Waals surface area contributed by atoms with Crippen molar-refractivity contribution in [2.45, 2.75) is 44.6 Å². The van der Waals surface area contributed by atoms with Gasteiger partial charge >= 0.3 is 0 Å². The van der Waals surface area contributed by atoms with Gasteiger partial charge < -0.3 is 15.8 Å². The number of morpholine rings is 1. The van der Waals surface area contributed by atoms with Gasteiger partial charge in [0.1, 0.15) is 0 Å². The molecule has 2 aliphatic rings. The summed E-state index contributed by atoms with van der Waals surface area (Å²) in [5.41, 5.74) is 8.21. The number of benzene rings is 1. The molecule has 1 saturated carbocycles. The molecule has 1 aromatic rings. The predicted octanol–water partition coefficient (Wildman–Crippen LogP) is 2.76. The van der Waals surface area contributed by atoms with E-state index in [1.807, 2.05) is 19.1 Å². The van der Waals surface area contributed by atoms with E-state index < -0.39 is 0 Å². The second kappa shape index (κ2) is 8.88. The molecule has 3 N–H and O–H groups in total. The topological polar surface area (TPSA) is 67.6 Å². The number of anilines is 1. The van der Waals surface area contributed by atoms with Crippen molar-refractivity contribution in [3.8, 4) is 0 Å². The zero-order valence-corrected chi connectivity index (χ0v) is 15.9. The number of carbonyl (C=O) groups is 1. The Hall–Kier alpha value is -1.30. The van der Waals surface area contributed by atoms with Crippen molar-refractivity contribution in [2.24, 2.45) is 0 Å². The number of carbonyl (C=O) groups excluding carboxylic acids is 1. The molecule has 2 fully saturated rings. The van der Waals surface area contributed by atoms with Crippen LogP contribution < -0.4 is 11.1 Å². The Morgan fingerprint density at radius 2 is 1.92 bits per heavy atom. The maximum absolute atomic E-state index is 12.7. The fraction of sp³-hybridized carbons (Fsp3) is 0.632. The standard InChI is InChI=1S/C19H29N3O2.ClH/c1-15-5-6-16(20)13-17(15)18(23)21-14-19(7-3-2-4-8-19)22-9-11-24-12-10-22;/h5-6,13H,2-4,7-12,14,20H2,1H3,(H,21,23);1H. The molecule has 0 spiro atoms. The summed E-state index contributed by atoms with van der Waals surface area (Å²) in [4.78, 5) is 15.2. The Bertz CT molecular complexity index is 582. The highest BCUT2D eigenvalue weighted by Gasteiger charge is 2.38. The van der Waals surface area contributed by atoms with Crippen LogP contribution in [-0.2, 0) is 4.74 Å². The van der Waals surface area contributed by atoms with E-state index in [0.717, 1.165) is 44.7 Å². The minimum atomic E-state index is -0.0157. The van der Waals surface area contributed by atoms with E-state index in [1.54, 1.807) is 6.07 Å². The lowest BCUT2D eigenvalue weighted by Crippen LogP contribution is -2.59. The fourth-order valence-corrected chi connectivity index (χ4v) is 4.08. The second-order valence-electron chi connectivity index (χ2n) is 7.14. The van der Waals surface area contributed by atoms with E-state index in [2.05, 4.69) is 10.2 Å². The number of amides is 1. The molecule has 0 aromatic heterocycles. The molecule has 0 radical (unpaired) electrons. The van der Waals surface area contributed by atoms with Crippen LogP contribution >= 0.6 is 12.4 Å². The molecule has 1 amide bonds. The summed E-state index contributed by atoms with van der Waals surface area (Å²) in [6, 6.07) is 5.51. The summed E-state index contributed by atoms with van der Waals surface area (Å²) < 4.78 is 5.52. The lowest BCUT2D eigenvalue weighted by Gasteiger charge is -2.48. The maximum atomic E-state index is 12.7. The minimum absolute atomic E-state index is 0. The summed E-state index contributed by atoms with van der Waals surface area (Å²) in [7, 11) is 0. The molecule has 1 aliphatic heterocycles. The van der Waals surface area contributed by atoms with Crippen LogP contribution in [0, 0.1) is 6.92 Å². The van der Waals surface area contributed by atoms with Crippen molar-refractivity contribution >= 4 is 24.0 Å². The van der Waals surface area contributed by atoms with Crippen LogP contribution in [-0.4, -0.2) is 49.2 Å². The molecule has 0 bridgehead atoms. The number of rotatable bonds is 4. The Morgan fingerprint density at radius 1 is 1.24 bits per heavy atom. The monoisotopic (exact) mass is 367 g/mol. The first-order valence-corrected chi connectivity index (χ1v) is 9.08. The van der Waals surface area contributed by atoms with Crippen LogP contribution in [0.4, 0.5) is 5.69 Å². The molecule has 0 atom stereocenters. The van der Waals surface area contributed by atoms with Gasteiger partial charge in [0.25, 0.3) is 5.91 Å². The first kappa shape index (κ1) is 20.0. The van der Waals surface area contributed by atoms with Gasteiger partial charge in [0.2, 0.25) is 0 Å². The van der Waals surface area contributed by atoms with Gasteiger partial charge in [-0.05, 0) is 37.5 Å². The van der Waals surface area contributed by atoms with E-state index in [9.17, 15) is 4.79 Å². The summed E-state index contributed by atoms with van der Waals surface area (Å²) in [5, 5.41) is 3.20. The van der Waals surface area contributed by atoms with Crippen molar-refractivity contribution in [3.63, 3.8) is 0 Å². The number of nitrogen functional groups attached to an aromatic ring is 1. The molecule has 1 aromatic carbocycles. The van der Waals surface area contributed by atoms with Crippen molar-refractivity contribution in [3.05, 3.63) is 29.3 Å². The van der Waals surface area contributed by atoms with Crippen molar-refractivity contribution in [1.82, 2.24) is 10.2 Å². The van der Waals surface area contributed by atoms with Gasteiger partial charge in [-0.1, -0.05) is 25.3 Å². The van der Waals surface area contributed by atoms with Crippen LogP contribution in [0.25, 0.3) is 0 Å². The highest BCUT2D eigenvalue weighted by molar-refractivity contribution is 5.96. The summed E-state index contributed by atoms with van der Waals surface area (Å²) >= 11 is 0. The lowest BCUT2D eigenvalue weighted by molar-refractivity contribution is -0.0361. The number of aryl methyl sites for hydroxylation is 1. The van der Waals surface area contributed by atoms with Gasteiger partial charge in [0, 0.05) is 36.4 Å². The fourth-order valence-electron chi connectivity index (χ4n) is 4.08. The summed E-state index contributed by atoms with van der Waals surface area (Å²) in [5.74, 6) is -0.0157. The van der Waals surface area contributed by atoms with Crippen LogP contribution in [0.5, 0.6) is 0 Å². The molecule has 25 heavy (non-hydrogen) atoms. The van der Waals surface area contributed by atoms with Crippen LogP contribution in [0.3, 0.4) is 0 Å². The number of halogens is 1. The third kappa shape index (κ3) is 4.66. The molecule has 1 aliphatic carbocycles. The largest absolute Gasteiger partial charge is 0.399 e. The third-order valence-electron chi connectivity index (χ3n) is 5.55. The molecule has 1 saturated heterocycles. The highest BCUT2D eigenvalue weighted by atomic mass is 35.5.